The average molecular weight is 893 g/mol. The molecule has 13 rings (SSSR count). The van der Waals surface area contributed by atoms with E-state index in [1.54, 1.807) is 0 Å². The van der Waals surface area contributed by atoms with Gasteiger partial charge in [-0.25, -0.2) is 15.0 Å². The molecule has 0 spiro atoms. The highest BCUT2D eigenvalue weighted by atomic mass is 15.0. The Hall–Kier alpha value is -9.25. The Labute approximate surface area is 407 Å². The van der Waals surface area contributed by atoms with Crippen LogP contribution in [0.25, 0.3) is 118 Å². The number of rotatable bonds is 8. The van der Waals surface area contributed by atoms with Crippen LogP contribution < -0.4 is 0 Å². The van der Waals surface area contributed by atoms with E-state index in [9.17, 15) is 0 Å². The number of nitrogens with zero attached hydrogens (tertiary/aromatic N) is 4. The Bertz CT molecular complexity index is 3890. The molecule has 328 valence electrons. The van der Waals surface area contributed by atoms with E-state index in [0.29, 0.717) is 17.5 Å². The lowest BCUT2D eigenvalue weighted by Gasteiger charge is -2.14. The SMILES string of the molecule is C1=C(c2ccc(-c3ccc4c(c3)c3ccccc3n4-c3cccc(-c4ccccc4)c3)cc2)Cc2ccc(-c3cccc(-c4nc(-c5ccccc5)nc(-c5ccccc5)n4)c3)cc2-c2ccccc21. The zero-order valence-corrected chi connectivity index (χ0v) is 38.2. The van der Waals surface area contributed by atoms with Gasteiger partial charge in [-0.2, -0.15) is 0 Å². The Morgan fingerprint density at radius 2 is 0.800 bits per heavy atom. The molecule has 4 nitrogen and oxygen atoms in total. The van der Waals surface area contributed by atoms with Crippen molar-refractivity contribution in [3.8, 4) is 84.4 Å². The standard InChI is InChI=1S/C66H44N4/c1-4-16-44(17-5-1)50-24-15-26-57(41-50)70-62-29-13-12-28-59(62)61-43-51(36-37-63(61)70)45-30-32-46(33-31-45)56-39-53-22-10-11-27-58(53)60-42-52(34-35-54(60)40-56)49-23-14-25-55(38-49)66-68-64(47-18-6-2-7-19-47)67-65(69-66)48-20-8-3-9-21-48/h1-39,41-43H,40H2. The van der Waals surface area contributed by atoms with Crippen LogP contribution in [0.2, 0.25) is 0 Å². The van der Waals surface area contributed by atoms with Crippen molar-refractivity contribution < 1.29 is 0 Å². The summed E-state index contributed by atoms with van der Waals surface area (Å²) in [7, 11) is 0. The van der Waals surface area contributed by atoms with E-state index in [2.05, 4.69) is 199 Å². The fourth-order valence-corrected chi connectivity index (χ4v) is 10.2. The van der Waals surface area contributed by atoms with Gasteiger partial charge in [-0.05, 0) is 116 Å². The summed E-state index contributed by atoms with van der Waals surface area (Å²) >= 11 is 0. The molecular formula is C66H44N4. The van der Waals surface area contributed by atoms with E-state index in [1.165, 1.54) is 77.5 Å². The molecule has 70 heavy (non-hydrogen) atoms. The van der Waals surface area contributed by atoms with Crippen LogP contribution in [0.1, 0.15) is 16.7 Å². The molecule has 1 aliphatic carbocycles. The first-order chi connectivity index (χ1) is 34.7. The lowest BCUT2D eigenvalue weighted by molar-refractivity contribution is 1.07. The third-order valence-corrected chi connectivity index (χ3v) is 13.7. The molecule has 0 amide bonds. The van der Waals surface area contributed by atoms with Gasteiger partial charge in [0.25, 0.3) is 0 Å². The first-order valence-electron chi connectivity index (χ1n) is 23.9. The summed E-state index contributed by atoms with van der Waals surface area (Å²) in [5, 5.41) is 2.49. The van der Waals surface area contributed by atoms with Gasteiger partial charge in [-0.3, -0.25) is 0 Å². The minimum atomic E-state index is 0.642. The van der Waals surface area contributed by atoms with Crippen molar-refractivity contribution in [3.63, 3.8) is 0 Å². The van der Waals surface area contributed by atoms with E-state index >= 15 is 0 Å². The summed E-state index contributed by atoms with van der Waals surface area (Å²) < 4.78 is 2.40. The maximum Gasteiger partial charge on any atom is 0.164 e. The van der Waals surface area contributed by atoms with Gasteiger partial charge >= 0.3 is 0 Å². The Morgan fingerprint density at radius 1 is 0.300 bits per heavy atom. The second-order valence-electron chi connectivity index (χ2n) is 18.0. The molecular weight excluding hydrogens is 849 g/mol. The number of allylic oxidation sites excluding steroid dienone is 1. The van der Waals surface area contributed by atoms with Gasteiger partial charge in [-0.1, -0.05) is 212 Å². The molecule has 0 aliphatic heterocycles. The first kappa shape index (κ1) is 41.0. The van der Waals surface area contributed by atoms with Gasteiger partial charge in [0, 0.05) is 33.2 Å². The highest BCUT2D eigenvalue weighted by Gasteiger charge is 2.20. The fourth-order valence-electron chi connectivity index (χ4n) is 10.2. The van der Waals surface area contributed by atoms with Crippen LogP contribution in [0, 0.1) is 0 Å². The molecule has 2 aromatic heterocycles. The maximum absolute atomic E-state index is 5.02. The van der Waals surface area contributed by atoms with Crippen LogP contribution in [0.3, 0.4) is 0 Å². The van der Waals surface area contributed by atoms with Crippen LogP contribution in [-0.4, -0.2) is 19.5 Å². The third-order valence-electron chi connectivity index (χ3n) is 13.7. The van der Waals surface area contributed by atoms with E-state index in [1.807, 2.05) is 60.7 Å². The van der Waals surface area contributed by atoms with Crippen molar-refractivity contribution in [1.29, 1.82) is 0 Å². The van der Waals surface area contributed by atoms with Crippen molar-refractivity contribution in [2.75, 3.05) is 0 Å². The van der Waals surface area contributed by atoms with Crippen LogP contribution in [0.5, 0.6) is 0 Å². The van der Waals surface area contributed by atoms with E-state index in [4.69, 9.17) is 15.0 Å². The molecule has 0 saturated heterocycles. The highest BCUT2D eigenvalue weighted by Crippen LogP contribution is 2.41. The fraction of sp³-hybridized carbons (Fsp3) is 0.0152. The van der Waals surface area contributed by atoms with Crippen LogP contribution >= 0.6 is 0 Å². The van der Waals surface area contributed by atoms with Crippen LogP contribution in [-0.2, 0) is 6.42 Å². The first-order valence-corrected chi connectivity index (χ1v) is 23.9. The monoisotopic (exact) mass is 892 g/mol. The minimum absolute atomic E-state index is 0.642. The lowest BCUT2D eigenvalue weighted by atomic mass is 9.91. The summed E-state index contributed by atoms with van der Waals surface area (Å²) in [6, 6.07) is 88.9. The maximum atomic E-state index is 5.02. The van der Waals surface area contributed by atoms with Crippen molar-refractivity contribution in [2.45, 2.75) is 6.42 Å². The van der Waals surface area contributed by atoms with Gasteiger partial charge in [0.15, 0.2) is 17.5 Å². The second kappa shape index (κ2) is 17.4. The van der Waals surface area contributed by atoms with Crippen LogP contribution in [0.4, 0.5) is 0 Å². The van der Waals surface area contributed by atoms with Crippen molar-refractivity contribution >= 4 is 33.5 Å². The largest absolute Gasteiger partial charge is 0.309 e. The van der Waals surface area contributed by atoms with Crippen molar-refractivity contribution in [2.24, 2.45) is 0 Å². The lowest BCUT2D eigenvalue weighted by Crippen LogP contribution is -2.00. The van der Waals surface area contributed by atoms with Gasteiger partial charge in [0.2, 0.25) is 0 Å². The molecule has 0 bridgehead atoms. The Morgan fingerprint density at radius 3 is 1.54 bits per heavy atom. The number of benzene rings is 10. The molecule has 1 aliphatic rings. The Kier molecular flexibility index (Phi) is 10.2. The molecule has 2 heterocycles. The Balaban J connectivity index is 0.816. The average Bonchev–Trinajstić information content (AvgIpc) is 3.67. The van der Waals surface area contributed by atoms with Gasteiger partial charge < -0.3 is 4.57 Å². The topological polar surface area (TPSA) is 43.6 Å². The molecule has 0 saturated carbocycles. The third kappa shape index (κ3) is 7.58. The number of para-hydroxylation sites is 1. The molecule has 12 aromatic rings. The predicted molar refractivity (Wildman–Crippen MR) is 290 cm³/mol. The van der Waals surface area contributed by atoms with Gasteiger partial charge in [0.05, 0.1) is 11.0 Å². The zero-order chi connectivity index (χ0) is 46.4. The molecule has 10 aromatic carbocycles. The summed E-state index contributed by atoms with van der Waals surface area (Å²) in [5.74, 6) is 1.94. The number of hydrogen-bond donors (Lipinski definition) is 0. The summed E-state index contributed by atoms with van der Waals surface area (Å²) in [6.45, 7) is 0. The van der Waals surface area contributed by atoms with E-state index < -0.39 is 0 Å². The smallest absolute Gasteiger partial charge is 0.164 e. The number of aromatic nitrogens is 4. The molecule has 0 N–H and O–H groups in total. The molecule has 0 atom stereocenters. The van der Waals surface area contributed by atoms with Gasteiger partial charge in [0.1, 0.15) is 0 Å². The van der Waals surface area contributed by atoms with E-state index in [-0.39, 0.29) is 0 Å². The quantitative estimate of drug-likeness (QED) is 0.153. The molecule has 0 fully saturated rings. The van der Waals surface area contributed by atoms with Crippen molar-refractivity contribution in [1.82, 2.24) is 19.5 Å². The number of fused-ring (bicyclic) bond motifs is 6. The van der Waals surface area contributed by atoms with E-state index in [0.717, 1.165) is 39.9 Å². The second-order valence-corrected chi connectivity index (χ2v) is 18.0. The van der Waals surface area contributed by atoms with Crippen LogP contribution in [0.15, 0.2) is 249 Å². The zero-order valence-electron chi connectivity index (χ0n) is 38.2. The predicted octanol–water partition coefficient (Wildman–Crippen LogP) is 16.7. The summed E-state index contributed by atoms with van der Waals surface area (Å²) in [5.41, 5.74) is 21.0. The molecule has 0 unspecified atom stereocenters. The summed E-state index contributed by atoms with van der Waals surface area (Å²) in [4.78, 5) is 15.0. The summed E-state index contributed by atoms with van der Waals surface area (Å²) in [6.07, 6.45) is 3.20. The highest BCUT2D eigenvalue weighted by molar-refractivity contribution is 6.10. The normalized spacial score (nSPS) is 12.0. The number of hydrogen-bond acceptors (Lipinski definition) is 3. The van der Waals surface area contributed by atoms with Gasteiger partial charge in [-0.15, -0.1) is 0 Å². The minimum Gasteiger partial charge on any atom is -0.309 e. The van der Waals surface area contributed by atoms with Crippen molar-refractivity contribution in [3.05, 3.63) is 265 Å². The molecule has 0 radical (unpaired) electrons. The molecule has 4 heteroatoms.